The molecule has 4 rings (SSSR count). The summed E-state index contributed by atoms with van der Waals surface area (Å²) in [4.78, 5) is 36.6. The topological polar surface area (TPSA) is 105 Å². The average molecular weight is 473 g/mol. The van der Waals surface area contributed by atoms with E-state index in [1.54, 1.807) is 19.1 Å². The highest BCUT2D eigenvalue weighted by Crippen LogP contribution is 2.44. The lowest BCUT2D eigenvalue weighted by Crippen LogP contribution is -2.38. The Morgan fingerprint density at radius 3 is 2.20 bits per heavy atom. The summed E-state index contributed by atoms with van der Waals surface area (Å²) in [5, 5.41) is 14.8. The molecule has 180 valence electrons. The molecule has 0 unspecified atom stereocenters. The number of aromatic carboxylic acids is 1. The van der Waals surface area contributed by atoms with E-state index in [0.717, 1.165) is 27.8 Å². The third-order valence-electron chi connectivity index (χ3n) is 6.27. The lowest BCUT2D eigenvalue weighted by Gasteiger charge is -2.19. The van der Waals surface area contributed by atoms with Gasteiger partial charge in [0, 0.05) is 18.4 Å². The third kappa shape index (κ3) is 5.35. The fourth-order valence-corrected chi connectivity index (χ4v) is 4.47. The number of amides is 2. The highest BCUT2D eigenvalue weighted by atomic mass is 16.5. The molecular weight excluding hydrogens is 444 g/mol. The maximum absolute atomic E-state index is 12.6. The number of carboxylic acid groups (broad SMARTS) is 1. The summed E-state index contributed by atoms with van der Waals surface area (Å²) in [6, 6.07) is 20.6. The molecule has 0 aliphatic heterocycles. The number of rotatable bonds is 8. The second-order valence-corrected chi connectivity index (χ2v) is 8.68. The SMILES string of the molecule is CC[C@H](CC(=O)Nc1ccc(C)cc1C(=O)O)NC(=O)OCC1c2ccccc2-c2ccccc21. The Hall–Kier alpha value is -4.13. The Balaban J connectivity index is 1.35. The molecule has 0 aromatic heterocycles. The Morgan fingerprint density at radius 1 is 0.971 bits per heavy atom. The highest BCUT2D eigenvalue weighted by Gasteiger charge is 2.29. The number of carbonyl (C=O) groups excluding carboxylic acids is 2. The number of nitrogens with one attached hydrogen (secondary N) is 2. The number of hydrogen-bond donors (Lipinski definition) is 3. The van der Waals surface area contributed by atoms with Gasteiger partial charge in [-0.1, -0.05) is 67.1 Å². The van der Waals surface area contributed by atoms with Gasteiger partial charge in [-0.05, 0) is 47.7 Å². The quantitative estimate of drug-likeness (QED) is 0.411. The zero-order valence-corrected chi connectivity index (χ0v) is 19.7. The lowest BCUT2D eigenvalue weighted by atomic mass is 9.98. The van der Waals surface area contributed by atoms with Crippen molar-refractivity contribution in [3.05, 3.63) is 89.0 Å². The molecule has 35 heavy (non-hydrogen) atoms. The standard InChI is InChI=1S/C28H28N2O5/c1-3-18(15-26(31)30-25-13-12-17(2)14-23(25)27(32)33)29-28(34)35-16-24-21-10-6-4-8-19(21)20-9-5-7-11-22(20)24/h4-14,18,24H,3,15-16H2,1-2H3,(H,29,34)(H,30,31)(H,32,33)/t18-/m1/s1. The van der Waals surface area contributed by atoms with Crippen molar-refractivity contribution in [3.63, 3.8) is 0 Å². The largest absolute Gasteiger partial charge is 0.478 e. The molecule has 1 atom stereocenters. The molecule has 2 amide bonds. The first-order chi connectivity index (χ1) is 16.9. The summed E-state index contributed by atoms with van der Waals surface area (Å²) in [5.74, 6) is -1.55. The maximum Gasteiger partial charge on any atom is 0.407 e. The van der Waals surface area contributed by atoms with E-state index in [1.807, 2.05) is 31.2 Å². The number of anilines is 1. The van der Waals surface area contributed by atoms with Crippen molar-refractivity contribution in [1.82, 2.24) is 5.32 Å². The van der Waals surface area contributed by atoms with Gasteiger partial charge in [0.25, 0.3) is 0 Å². The van der Waals surface area contributed by atoms with Gasteiger partial charge in [0.15, 0.2) is 0 Å². The molecule has 0 fully saturated rings. The molecule has 0 saturated heterocycles. The molecule has 1 aliphatic rings. The average Bonchev–Trinajstić information content (AvgIpc) is 3.17. The van der Waals surface area contributed by atoms with Crippen LogP contribution in [-0.2, 0) is 9.53 Å². The predicted molar refractivity (Wildman–Crippen MR) is 134 cm³/mol. The van der Waals surface area contributed by atoms with Crippen LogP contribution in [0, 0.1) is 6.92 Å². The minimum atomic E-state index is -1.12. The van der Waals surface area contributed by atoms with Crippen molar-refractivity contribution < 1.29 is 24.2 Å². The van der Waals surface area contributed by atoms with Crippen LogP contribution in [0.4, 0.5) is 10.5 Å². The van der Waals surface area contributed by atoms with Crippen molar-refractivity contribution >= 4 is 23.7 Å². The van der Waals surface area contributed by atoms with Crippen LogP contribution in [0.15, 0.2) is 66.7 Å². The van der Waals surface area contributed by atoms with E-state index in [1.165, 1.54) is 6.07 Å². The van der Waals surface area contributed by atoms with Crippen molar-refractivity contribution in [1.29, 1.82) is 0 Å². The van der Waals surface area contributed by atoms with Crippen LogP contribution in [0.25, 0.3) is 11.1 Å². The molecule has 0 bridgehead atoms. The van der Waals surface area contributed by atoms with Gasteiger partial charge in [-0.15, -0.1) is 0 Å². The van der Waals surface area contributed by atoms with Crippen LogP contribution in [0.3, 0.4) is 0 Å². The third-order valence-corrected chi connectivity index (χ3v) is 6.27. The minimum Gasteiger partial charge on any atom is -0.478 e. The highest BCUT2D eigenvalue weighted by molar-refractivity contribution is 6.00. The Kier molecular flexibility index (Phi) is 7.15. The summed E-state index contributed by atoms with van der Waals surface area (Å²) in [6.45, 7) is 3.83. The molecule has 0 heterocycles. The summed E-state index contributed by atoms with van der Waals surface area (Å²) in [7, 11) is 0. The first-order valence-corrected chi connectivity index (χ1v) is 11.6. The Labute approximate surface area is 204 Å². The van der Waals surface area contributed by atoms with Crippen molar-refractivity contribution in [2.24, 2.45) is 0 Å². The molecular formula is C28H28N2O5. The van der Waals surface area contributed by atoms with Crippen LogP contribution < -0.4 is 10.6 Å². The van der Waals surface area contributed by atoms with E-state index >= 15 is 0 Å². The number of hydrogen-bond acceptors (Lipinski definition) is 4. The molecule has 3 aromatic carbocycles. The normalized spacial score (nSPS) is 12.9. The van der Waals surface area contributed by atoms with Crippen molar-refractivity contribution in [2.45, 2.75) is 38.6 Å². The number of aryl methyl sites for hydroxylation is 1. The van der Waals surface area contributed by atoms with Gasteiger partial charge in [-0.3, -0.25) is 4.79 Å². The zero-order chi connectivity index (χ0) is 24.9. The van der Waals surface area contributed by atoms with Crippen molar-refractivity contribution in [2.75, 3.05) is 11.9 Å². The predicted octanol–water partition coefficient (Wildman–Crippen LogP) is 5.34. The zero-order valence-electron chi connectivity index (χ0n) is 19.7. The van der Waals surface area contributed by atoms with Crippen LogP contribution in [-0.4, -0.2) is 35.7 Å². The second-order valence-electron chi connectivity index (χ2n) is 8.68. The van der Waals surface area contributed by atoms with Crippen LogP contribution in [0.5, 0.6) is 0 Å². The van der Waals surface area contributed by atoms with Crippen molar-refractivity contribution in [3.8, 4) is 11.1 Å². The first-order valence-electron chi connectivity index (χ1n) is 11.6. The lowest BCUT2D eigenvalue weighted by molar-refractivity contribution is -0.116. The summed E-state index contributed by atoms with van der Waals surface area (Å²) >= 11 is 0. The summed E-state index contributed by atoms with van der Waals surface area (Å²) in [6.07, 6.45) is -0.0849. The van der Waals surface area contributed by atoms with Gasteiger partial charge in [0.2, 0.25) is 5.91 Å². The van der Waals surface area contributed by atoms with E-state index in [4.69, 9.17) is 4.74 Å². The van der Waals surface area contributed by atoms with E-state index in [2.05, 4.69) is 34.9 Å². The molecule has 3 aromatic rings. The van der Waals surface area contributed by atoms with Gasteiger partial charge >= 0.3 is 12.1 Å². The molecule has 0 radical (unpaired) electrons. The molecule has 0 saturated carbocycles. The van der Waals surface area contributed by atoms with Crippen LogP contribution in [0.1, 0.15) is 52.7 Å². The van der Waals surface area contributed by atoms with Crippen LogP contribution in [0.2, 0.25) is 0 Å². The molecule has 7 heteroatoms. The van der Waals surface area contributed by atoms with E-state index in [-0.39, 0.29) is 36.1 Å². The fraction of sp³-hybridized carbons (Fsp3) is 0.250. The Bertz CT molecular complexity index is 1220. The van der Waals surface area contributed by atoms with Gasteiger partial charge in [-0.25, -0.2) is 9.59 Å². The summed E-state index contributed by atoms with van der Waals surface area (Å²) in [5.41, 5.74) is 5.58. The smallest absolute Gasteiger partial charge is 0.407 e. The van der Waals surface area contributed by atoms with E-state index in [9.17, 15) is 19.5 Å². The van der Waals surface area contributed by atoms with Gasteiger partial charge in [-0.2, -0.15) is 0 Å². The minimum absolute atomic E-state index is 0.00632. The number of alkyl carbamates (subject to hydrolysis) is 1. The van der Waals surface area contributed by atoms with Gasteiger partial charge in [0.1, 0.15) is 6.61 Å². The van der Waals surface area contributed by atoms with Gasteiger partial charge in [0.05, 0.1) is 11.3 Å². The molecule has 3 N–H and O–H groups in total. The van der Waals surface area contributed by atoms with E-state index in [0.29, 0.717) is 6.42 Å². The maximum atomic E-state index is 12.6. The summed E-state index contributed by atoms with van der Waals surface area (Å²) < 4.78 is 5.58. The number of ether oxygens (including phenoxy) is 1. The fourth-order valence-electron chi connectivity index (χ4n) is 4.47. The molecule has 1 aliphatic carbocycles. The van der Waals surface area contributed by atoms with Crippen LogP contribution >= 0.6 is 0 Å². The molecule has 0 spiro atoms. The number of fused-ring (bicyclic) bond motifs is 3. The number of carbonyl (C=O) groups is 3. The molecule has 7 nitrogen and oxygen atoms in total. The van der Waals surface area contributed by atoms with E-state index < -0.39 is 18.1 Å². The first kappa shape index (κ1) is 24.0. The monoisotopic (exact) mass is 472 g/mol. The second kappa shape index (κ2) is 10.4. The Morgan fingerprint density at radius 2 is 1.60 bits per heavy atom. The number of benzene rings is 3. The van der Waals surface area contributed by atoms with Gasteiger partial charge < -0.3 is 20.5 Å². The number of carboxylic acids is 1.